The highest BCUT2D eigenvalue weighted by molar-refractivity contribution is 5.71. The second-order valence-corrected chi connectivity index (χ2v) is 9.36. The van der Waals surface area contributed by atoms with Crippen LogP contribution in [0, 0.1) is 13.8 Å². The number of fused-ring (bicyclic) bond motifs is 1. The van der Waals surface area contributed by atoms with Gasteiger partial charge in [0.05, 0.1) is 12.5 Å². The van der Waals surface area contributed by atoms with Gasteiger partial charge in [0.2, 0.25) is 0 Å². The molecule has 0 aliphatic carbocycles. The predicted molar refractivity (Wildman–Crippen MR) is 109 cm³/mol. The minimum Gasteiger partial charge on any atom is -0.487 e. The summed E-state index contributed by atoms with van der Waals surface area (Å²) in [5.74, 6) is 0.760. The molecule has 3 heterocycles. The molecule has 4 rings (SSSR count). The van der Waals surface area contributed by atoms with E-state index in [0.717, 1.165) is 38.1 Å². The highest BCUT2D eigenvalue weighted by Crippen LogP contribution is 2.47. The number of aliphatic hydroxyl groups excluding tert-OH is 1. The van der Waals surface area contributed by atoms with Crippen LogP contribution in [0.5, 0.6) is 5.75 Å². The summed E-state index contributed by atoms with van der Waals surface area (Å²) in [5.41, 5.74) is 6.46. The summed E-state index contributed by atoms with van der Waals surface area (Å²) in [7, 11) is 0. The van der Waals surface area contributed by atoms with Gasteiger partial charge in [0, 0.05) is 37.2 Å². The van der Waals surface area contributed by atoms with Gasteiger partial charge in [0.15, 0.2) is 0 Å². The van der Waals surface area contributed by atoms with Gasteiger partial charge >= 0.3 is 5.97 Å². The summed E-state index contributed by atoms with van der Waals surface area (Å²) in [4.78, 5) is 14.2. The highest BCUT2D eigenvalue weighted by atomic mass is 16.5. The molecule has 0 spiro atoms. The zero-order valence-corrected chi connectivity index (χ0v) is 17.6. The second kappa shape index (κ2) is 7.25. The number of cyclic esters (lactones) is 1. The summed E-state index contributed by atoms with van der Waals surface area (Å²) in [6.45, 7) is 11.0. The van der Waals surface area contributed by atoms with Crippen molar-refractivity contribution in [2.24, 2.45) is 0 Å². The fourth-order valence-electron chi connectivity index (χ4n) is 5.22. The molecule has 3 aliphatic rings. The van der Waals surface area contributed by atoms with Crippen molar-refractivity contribution in [3.05, 3.63) is 22.3 Å². The number of benzene rings is 1. The molecule has 0 saturated carbocycles. The first-order valence-electron chi connectivity index (χ1n) is 10.7. The Morgan fingerprint density at radius 2 is 1.89 bits per heavy atom. The van der Waals surface area contributed by atoms with Crippen molar-refractivity contribution in [1.29, 1.82) is 0 Å². The van der Waals surface area contributed by atoms with E-state index in [1.165, 1.54) is 40.8 Å². The average Bonchev–Trinajstić information content (AvgIpc) is 3.21. The molecule has 2 atom stereocenters. The summed E-state index contributed by atoms with van der Waals surface area (Å²) in [6, 6.07) is 0. The SMILES string of the molecule is Cc1c(CC[C@@H]2C[C@@H](O)CC(=O)O2)c2c(c(C)c1N1CCCC1)CC(C)(C)O2. The van der Waals surface area contributed by atoms with E-state index >= 15 is 0 Å². The van der Waals surface area contributed by atoms with E-state index in [1.807, 2.05) is 0 Å². The molecule has 2 fully saturated rings. The van der Waals surface area contributed by atoms with Crippen molar-refractivity contribution in [2.45, 2.75) is 90.4 Å². The van der Waals surface area contributed by atoms with E-state index < -0.39 is 6.10 Å². The minimum atomic E-state index is -0.577. The lowest BCUT2D eigenvalue weighted by molar-refractivity contribution is -0.160. The Hall–Kier alpha value is -1.75. The van der Waals surface area contributed by atoms with Gasteiger partial charge in [0.25, 0.3) is 0 Å². The van der Waals surface area contributed by atoms with Gasteiger partial charge in [-0.25, -0.2) is 0 Å². The average molecular weight is 388 g/mol. The molecule has 0 bridgehead atoms. The second-order valence-electron chi connectivity index (χ2n) is 9.36. The highest BCUT2D eigenvalue weighted by Gasteiger charge is 2.37. The normalized spacial score (nSPS) is 26.2. The van der Waals surface area contributed by atoms with Crippen molar-refractivity contribution in [2.75, 3.05) is 18.0 Å². The number of anilines is 1. The fourth-order valence-corrected chi connectivity index (χ4v) is 5.22. The lowest BCUT2D eigenvalue weighted by Crippen LogP contribution is -2.33. The third-order valence-electron chi connectivity index (χ3n) is 6.52. The maximum Gasteiger partial charge on any atom is 0.308 e. The molecule has 5 nitrogen and oxygen atoms in total. The number of rotatable bonds is 4. The molecule has 0 aromatic heterocycles. The Labute approximate surface area is 168 Å². The third-order valence-corrected chi connectivity index (χ3v) is 6.52. The van der Waals surface area contributed by atoms with E-state index in [1.54, 1.807) is 0 Å². The van der Waals surface area contributed by atoms with Crippen molar-refractivity contribution in [3.8, 4) is 5.75 Å². The quantitative estimate of drug-likeness (QED) is 0.800. The monoisotopic (exact) mass is 387 g/mol. The molecule has 5 heteroatoms. The maximum atomic E-state index is 11.7. The van der Waals surface area contributed by atoms with Crippen LogP contribution in [0.25, 0.3) is 0 Å². The first-order chi connectivity index (χ1) is 13.2. The molecule has 154 valence electrons. The molecule has 3 aliphatic heterocycles. The molecular weight excluding hydrogens is 354 g/mol. The molecule has 1 N–H and O–H groups in total. The Morgan fingerprint density at radius 1 is 1.18 bits per heavy atom. The van der Waals surface area contributed by atoms with Gasteiger partial charge in [0.1, 0.15) is 17.5 Å². The molecular formula is C23H33NO4. The smallest absolute Gasteiger partial charge is 0.308 e. The van der Waals surface area contributed by atoms with Crippen molar-refractivity contribution >= 4 is 11.7 Å². The van der Waals surface area contributed by atoms with E-state index in [2.05, 4.69) is 32.6 Å². The third kappa shape index (κ3) is 3.61. The van der Waals surface area contributed by atoms with Gasteiger partial charge in [-0.15, -0.1) is 0 Å². The number of aliphatic hydroxyl groups is 1. The largest absolute Gasteiger partial charge is 0.487 e. The lowest BCUT2D eigenvalue weighted by atomic mass is 9.89. The fraction of sp³-hybridized carbons (Fsp3) is 0.696. The van der Waals surface area contributed by atoms with Crippen LogP contribution in [0.2, 0.25) is 0 Å². The Balaban J connectivity index is 1.67. The predicted octanol–water partition coefficient (Wildman–Crippen LogP) is 3.62. The number of ether oxygens (including phenoxy) is 2. The molecule has 2 saturated heterocycles. The summed E-state index contributed by atoms with van der Waals surface area (Å²) >= 11 is 0. The summed E-state index contributed by atoms with van der Waals surface area (Å²) < 4.78 is 11.9. The summed E-state index contributed by atoms with van der Waals surface area (Å²) in [6.07, 6.45) is 4.82. The van der Waals surface area contributed by atoms with Gasteiger partial charge in [-0.1, -0.05) is 0 Å². The van der Waals surface area contributed by atoms with Crippen molar-refractivity contribution < 1.29 is 19.4 Å². The van der Waals surface area contributed by atoms with E-state index in [4.69, 9.17) is 9.47 Å². The van der Waals surface area contributed by atoms with Crippen LogP contribution in [0.4, 0.5) is 5.69 Å². The molecule has 0 radical (unpaired) electrons. The van der Waals surface area contributed by atoms with E-state index in [9.17, 15) is 9.90 Å². The van der Waals surface area contributed by atoms with Crippen LogP contribution < -0.4 is 9.64 Å². The molecule has 28 heavy (non-hydrogen) atoms. The Kier molecular flexibility index (Phi) is 5.07. The van der Waals surface area contributed by atoms with Gasteiger partial charge in [-0.2, -0.15) is 0 Å². The number of carbonyl (C=O) groups excluding carboxylic acids is 1. The van der Waals surface area contributed by atoms with Gasteiger partial charge < -0.3 is 19.5 Å². The van der Waals surface area contributed by atoms with Gasteiger partial charge in [-0.05, 0) is 70.1 Å². The van der Waals surface area contributed by atoms with Crippen LogP contribution in [0.1, 0.15) is 68.2 Å². The number of nitrogens with zero attached hydrogens (tertiary/aromatic N) is 1. The molecule has 1 aromatic carbocycles. The minimum absolute atomic E-state index is 0.117. The Morgan fingerprint density at radius 3 is 2.57 bits per heavy atom. The zero-order chi connectivity index (χ0) is 20.1. The van der Waals surface area contributed by atoms with Crippen molar-refractivity contribution in [3.63, 3.8) is 0 Å². The van der Waals surface area contributed by atoms with Crippen LogP contribution in [-0.2, 0) is 22.4 Å². The zero-order valence-electron chi connectivity index (χ0n) is 17.6. The summed E-state index contributed by atoms with van der Waals surface area (Å²) in [5, 5.41) is 9.92. The number of hydrogen-bond acceptors (Lipinski definition) is 5. The number of carbonyl (C=O) groups is 1. The first kappa shape index (κ1) is 19.6. The van der Waals surface area contributed by atoms with Crippen LogP contribution in [-0.4, -0.2) is 42.0 Å². The molecule has 0 amide bonds. The van der Waals surface area contributed by atoms with Crippen LogP contribution >= 0.6 is 0 Å². The van der Waals surface area contributed by atoms with Crippen LogP contribution in [0.3, 0.4) is 0 Å². The maximum absolute atomic E-state index is 11.7. The van der Waals surface area contributed by atoms with Crippen molar-refractivity contribution in [1.82, 2.24) is 0 Å². The first-order valence-corrected chi connectivity index (χ1v) is 10.7. The number of hydrogen-bond donors (Lipinski definition) is 1. The van der Waals surface area contributed by atoms with E-state index in [-0.39, 0.29) is 24.1 Å². The standard InChI is InChI=1S/C23H33NO4/c1-14-18(8-7-17-11-16(25)12-20(26)27-17)22-19(13-23(3,4)28-22)15(2)21(14)24-9-5-6-10-24/h16-17,25H,5-13H2,1-4H3/t16-,17-/m1/s1. The number of esters is 1. The van der Waals surface area contributed by atoms with Crippen LogP contribution in [0.15, 0.2) is 0 Å². The lowest BCUT2D eigenvalue weighted by Gasteiger charge is -2.29. The van der Waals surface area contributed by atoms with Gasteiger partial charge in [-0.3, -0.25) is 4.79 Å². The topological polar surface area (TPSA) is 59.0 Å². The van der Waals surface area contributed by atoms with E-state index in [0.29, 0.717) is 6.42 Å². The molecule has 0 unspecified atom stereocenters. The molecule has 1 aromatic rings. The Bertz CT molecular complexity index is 780.